The molecule has 0 spiro atoms. The number of benzene rings is 4. The fourth-order valence-corrected chi connectivity index (χ4v) is 5.80. The summed E-state index contributed by atoms with van der Waals surface area (Å²) >= 11 is 6.68. The zero-order chi connectivity index (χ0) is 25.6. The molecule has 1 aliphatic heterocycles. The first-order chi connectivity index (χ1) is 18.1. The van der Waals surface area contributed by atoms with E-state index in [0.717, 1.165) is 30.1 Å². The summed E-state index contributed by atoms with van der Waals surface area (Å²) in [5.74, 6) is 0.216. The van der Waals surface area contributed by atoms with E-state index in [1.165, 1.54) is 16.7 Å². The highest BCUT2D eigenvalue weighted by molar-refractivity contribution is 6.31. The fraction of sp³-hybridized carbons (Fsp3) is 0.242. The molecule has 4 aromatic carbocycles. The first kappa shape index (κ1) is 25.3. The van der Waals surface area contributed by atoms with Gasteiger partial charge in [-0.05, 0) is 34.7 Å². The van der Waals surface area contributed by atoms with Crippen molar-refractivity contribution >= 4 is 17.5 Å². The van der Waals surface area contributed by atoms with E-state index in [1.807, 2.05) is 72.6 Å². The van der Waals surface area contributed by atoms with Gasteiger partial charge in [-0.15, -0.1) is 0 Å². The molecule has 0 saturated carbocycles. The minimum Gasteiger partial charge on any atom is -0.341 e. The number of halogens is 1. The van der Waals surface area contributed by atoms with E-state index in [1.54, 1.807) is 0 Å². The molecule has 3 nitrogen and oxygen atoms in total. The smallest absolute Gasteiger partial charge is 0.223 e. The van der Waals surface area contributed by atoms with Crippen LogP contribution < -0.4 is 0 Å². The number of carbonyl (C=O) groups is 1. The van der Waals surface area contributed by atoms with Gasteiger partial charge in [0.15, 0.2) is 0 Å². The summed E-state index contributed by atoms with van der Waals surface area (Å²) in [4.78, 5) is 18.1. The van der Waals surface area contributed by atoms with E-state index in [9.17, 15) is 4.79 Å². The van der Waals surface area contributed by atoms with Crippen LogP contribution in [0.5, 0.6) is 0 Å². The Morgan fingerprint density at radius 1 is 0.811 bits per heavy atom. The molecule has 2 atom stereocenters. The molecule has 0 bridgehead atoms. The second-order valence-corrected chi connectivity index (χ2v) is 10.3. The summed E-state index contributed by atoms with van der Waals surface area (Å²) in [5.41, 5.74) is 4.68. The van der Waals surface area contributed by atoms with Crippen LogP contribution in [0.4, 0.5) is 0 Å². The third-order valence-corrected chi connectivity index (χ3v) is 7.94. The number of amides is 1. The molecule has 1 fully saturated rings. The fourth-order valence-electron chi connectivity index (χ4n) is 5.56. The Morgan fingerprint density at radius 2 is 1.32 bits per heavy atom. The van der Waals surface area contributed by atoms with Crippen molar-refractivity contribution in [2.75, 3.05) is 20.1 Å². The molecule has 0 aliphatic carbocycles. The highest BCUT2D eigenvalue weighted by Gasteiger charge is 2.35. The maximum atomic E-state index is 13.6. The quantitative estimate of drug-likeness (QED) is 0.251. The van der Waals surface area contributed by atoms with Gasteiger partial charge in [-0.25, -0.2) is 0 Å². The SMILES string of the molecule is CN(C(=O)CC(c1ccccc1)c1ccccc1)[C@H]1CCN(C(c2ccccc2)c2ccccc2Cl)C1. The van der Waals surface area contributed by atoms with Gasteiger partial charge in [-0.3, -0.25) is 9.69 Å². The molecular weight excluding hydrogens is 476 g/mol. The van der Waals surface area contributed by atoms with Crippen LogP contribution in [0.1, 0.15) is 47.1 Å². The average Bonchev–Trinajstić information content (AvgIpc) is 3.43. The zero-order valence-electron chi connectivity index (χ0n) is 21.2. The lowest BCUT2D eigenvalue weighted by Crippen LogP contribution is -2.40. The van der Waals surface area contributed by atoms with Crippen LogP contribution in [0.2, 0.25) is 5.02 Å². The molecule has 188 valence electrons. The van der Waals surface area contributed by atoms with Gasteiger partial charge in [0.1, 0.15) is 0 Å². The predicted molar refractivity (Wildman–Crippen MR) is 152 cm³/mol. The minimum absolute atomic E-state index is 0.0371. The molecule has 0 N–H and O–H groups in total. The van der Waals surface area contributed by atoms with Crippen molar-refractivity contribution in [1.82, 2.24) is 9.80 Å². The van der Waals surface area contributed by atoms with Crippen molar-refractivity contribution in [2.24, 2.45) is 0 Å². The van der Waals surface area contributed by atoms with Crippen LogP contribution in [-0.4, -0.2) is 41.9 Å². The van der Waals surface area contributed by atoms with Crippen LogP contribution in [-0.2, 0) is 4.79 Å². The molecule has 1 heterocycles. The molecule has 0 aromatic heterocycles. The van der Waals surface area contributed by atoms with Crippen LogP contribution in [0.25, 0.3) is 0 Å². The molecule has 0 radical (unpaired) electrons. The van der Waals surface area contributed by atoms with Gasteiger partial charge in [-0.1, -0.05) is 121 Å². The first-order valence-electron chi connectivity index (χ1n) is 13.0. The van der Waals surface area contributed by atoms with Crippen molar-refractivity contribution in [3.63, 3.8) is 0 Å². The summed E-state index contributed by atoms with van der Waals surface area (Å²) in [6, 6.07) is 39.6. The Balaban J connectivity index is 1.34. The monoisotopic (exact) mass is 508 g/mol. The molecular formula is C33H33ClN2O. The summed E-state index contributed by atoms with van der Waals surface area (Å²) in [6.45, 7) is 1.72. The van der Waals surface area contributed by atoms with Crippen LogP contribution in [0.3, 0.4) is 0 Å². The van der Waals surface area contributed by atoms with Crippen molar-refractivity contribution in [3.8, 4) is 0 Å². The molecule has 1 unspecified atom stereocenters. The van der Waals surface area contributed by atoms with E-state index >= 15 is 0 Å². The number of likely N-dealkylation sites (tertiary alicyclic amines) is 1. The van der Waals surface area contributed by atoms with Crippen LogP contribution in [0.15, 0.2) is 115 Å². The van der Waals surface area contributed by atoms with E-state index in [0.29, 0.717) is 6.42 Å². The molecule has 5 rings (SSSR count). The second-order valence-electron chi connectivity index (χ2n) is 9.85. The van der Waals surface area contributed by atoms with Gasteiger partial charge in [-0.2, -0.15) is 0 Å². The van der Waals surface area contributed by atoms with Gasteiger partial charge in [0.2, 0.25) is 5.91 Å². The van der Waals surface area contributed by atoms with Crippen LogP contribution in [0, 0.1) is 0 Å². The molecule has 1 aliphatic rings. The Hall–Kier alpha value is -3.40. The molecule has 37 heavy (non-hydrogen) atoms. The normalized spacial score (nSPS) is 16.6. The number of hydrogen-bond donors (Lipinski definition) is 0. The standard InChI is InChI=1S/C33H33ClN2O/c1-35(32(37)23-30(25-13-5-2-6-14-25)26-15-7-3-8-16-26)28-21-22-36(24-28)33(27-17-9-4-10-18-27)29-19-11-12-20-31(29)34/h2-20,28,30,33H,21-24H2,1H3/t28-,33?/m0/s1. The molecule has 1 amide bonds. The third kappa shape index (κ3) is 5.79. The maximum Gasteiger partial charge on any atom is 0.223 e. The summed E-state index contributed by atoms with van der Waals surface area (Å²) in [7, 11) is 1.97. The van der Waals surface area contributed by atoms with Crippen LogP contribution >= 0.6 is 11.6 Å². The number of rotatable bonds is 8. The predicted octanol–water partition coefficient (Wildman–Crippen LogP) is 7.18. The topological polar surface area (TPSA) is 23.6 Å². The van der Waals surface area contributed by atoms with Crippen molar-refractivity contribution in [3.05, 3.63) is 143 Å². The lowest BCUT2D eigenvalue weighted by atomic mass is 9.88. The highest BCUT2D eigenvalue weighted by atomic mass is 35.5. The summed E-state index contributed by atoms with van der Waals surface area (Å²) < 4.78 is 0. The number of hydrogen-bond acceptors (Lipinski definition) is 2. The second kappa shape index (κ2) is 11.8. The Bertz CT molecular complexity index is 1260. The lowest BCUT2D eigenvalue weighted by Gasteiger charge is -2.31. The zero-order valence-corrected chi connectivity index (χ0v) is 22.0. The van der Waals surface area contributed by atoms with Crippen molar-refractivity contribution in [2.45, 2.75) is 30.8 Å². The Kier molecular flexibility index (Phi) is 8.03. The molecule has 1 saturated heterocycles. The van der Waals surface area contributed by atoms with Gasteiger partial charge in [0, 0.05) is 43.5 Å². The van der Waals surface area contributed by atoms with Gasteiger partial charge >= 0.3 is 0 Å². The molecule has 4 heteroatoms. The highest BCUT2D eigenvalue weighted by Crippen LogP contribution is 2.36. The minimum atomic E-state index is 0.0371. The van der Waals surface area contributed by atoms with E-state index in [-0.39, 0.29) is 23.9 Å². The largest absolute Gasteiger partial charge is 0.341 e. The Labute approximate surface area is 225 Å². The van der Waals surface area contributed by atoms with Crippen molar-refractivity contribution in [1.29, 1.82) is 0 Å². The maximum absolute atomic E-state index is 13.6. The lowest BCUT2D eigenvalue weighted by molar-refractivity contribution is -0.132. The van der Waals surface area contributed by atoms with Gasteiger partial charge in [0.25, 0.3) is 0 Å². The first-order valence-corrected chi connectivity index (χ1v) is 13.4. The molecule has 4 aromatic rings. The Morgan fingerprint density at radius 3 is 1.89 bits per heavy atom. The van der Waals surface area contributed by atoms with Gasteiger partial charge < -0.3 is 4.90 Å². The van der Waals surface area contributed by atoms with Gasteiger partial charge in [0.05, 0.1) is 6.04 Å². The summed E-state index contributed by atoms with van der Waals surface area (Å²) in [5, 5.41) is 0.776. The van der Waals surface area contributed by atoms with E-state index in [2.05, 4.69) is 59.5 Å². The van der Waals surface area contributed by atoms with E-state index in [4.69, 9.17) is 11.6 Å². The number of carbonyl (C=O) groups excluding carboxylic acids is 1. The number of nitrogens with zero attached hydrogens (tertiary/aromatic N) is 2. The van der Waals surface area contributed by atoms with E-state index < -0.39 is 0 Å². The van der Waals surface area contributed by atoms with Crippen molar-refractivity contribution < 1.29 is 4.79 Å². The average molecular weight is 509 g/mol. The number of likely N-dealkylation sites (N-methyl/N-ethyl adjacent to an activating group) is 1. The summed E-state index contributed by atoms with van der Waals surface area (Å²) in [6.07, 6.45) is 1.39. The third-order valence-electron chi connectivity index (χ3n) is 7.60.